The molecule has 2 rings (SSSR count). The predicted octanol–water partition coefficient (Wildman–Crippen LogP) is 2.78. The molecule has 7 heteroatoms. The quantitative estimate of drug-likeness (QED) is 0.939. The Kier molecular flexibility index (Phi) is 4.43. The molecule has 4 nitrogen and oxygen atoms in total. The van der Waals surface area contributed by atoms with E-state index in [0.717, 1.165) is 12.3 Å². The van der Waals surface area contributed by atoms with Crippen LogP contribution in [0, 0.1) is 5.82 Å². The van der Waals surface area contributed by atoms with Gasteiger partial charge in [-0.2, -0.15) is 11.3 Å². The second-order valence-electron chi connectivity index (χ2n) is 4.67. The molecule has 0 aliphatic heterocycles. The molecule has 1 heterocycles. The zero-order chi connectivity index (χ0) is 15.6. The monoisotopic (exact) mass is 327 g/mol. The van der Waals surface area contributed by atoms with Crippen LogP contribution in [-0.4, -0.2) is 20.6 Å². The number of amides is 1. The molecule has 21 heavy (non-hydrogen) atoms. The van der Waals surface area contributed by atoms with E-state index >= 15 is 0 Å². The normalized spacial score (nSPS) is 12.9. The van der Waals surface area contributed by atoms with Crippen LogP contribution in [0.4, 0.5) is 4.39 Å². The van der Waals surface area contributed by atoms with Crippen molar-refractivity contribution < 1.29 is 17.6 Å². The number of benzene rings is 1. The first-order valence-electron chi connectivity index (χ1n) is 6.11. The molecule has 1 amide bonds. The number of hydrogen-bond donors (Lipinski definition) is 1. The zero-order valence-corrected chi connectivity index (χ0v) is 13.1. The highest BCUT2D eigenvalue weighted by molar-refractivity contribution is 7.90. The number of carbonyl (C=O) groups excluding carboxylic acids is 1. The molecular weight excluding hydrogens is 313 g/mol. The van der Waals surface area contributed by atoms with Gasteiger partial charge in [-0.3, -0.25) is 4.79 Å². The first-order chi connectivity index (χ1) is 9.79. The summed E-state index contributed by atoms with van der Waals surface area (Å²) in [6.45, 7) is 1.71. The van der Waals surface area contributed by atoms with Crippen molar-refractivity contribution in [3.63, 3.8) is 0 Å². The van der Waals surface area contributed by atoms with E-state index in [2.05, 4.69) is 5.32 Å². The summed E-state index contributed by atoms with van der Waals surface area (Å²) in [6.07, 6.45) is 0.951. The van der Waals surface area contributed by atoms with Crippen molar-refractivity contribution in [2.75, 3.05) is 6.26 Å². The Morgan fingerprint density at radius 2 is 2.05 bits per heavy atom. The van der Waals surface area contributed by atoms with E-state index in [1.807, 2.05) is 0 Å². The molecule has 0 saturated heterocycles. The molecule has 0 fully saturated rings. The van der Waals surface area contributed by atoms with Crippen molar-refractivity contribution in [1.29, 1.82) is 0 Å². The van der Waals surface area contributed by atoms with Crippen molar-refractivity contribution in [2.24, 2.45) is 0 Å². The van der Waals surface area contributed by atoms with Gasteiger partial charge in [0, 0.05) is 11.6 Å². The molecule has 1 atom stereocenters. The largest absolute Gasteiger partial charge is 0.345 e. The highest BCUT2D eigenvalue weighted by Gasteiger charge is 2.17. The van der Waals surface area contributed by atoms with Crippen molar-refractivity contribution >= 4 is 27.1 Å². The van der Waals surface area contributed by atoms with Crippen LogP contribution in [0.5, 0.6) is 0 Å². The SMILES string of the molecule is C[C@H](NC(=O)c1ccsc1)c1ccc(S(C)(=O)=O)c(F)c1. The maximum absolute atomic E-state index is 13.8. The molecule has 1 N–H and O–H groups in total. The van der Waals surface area contributed by atoms with E-state index in [-0.39, 0.29) is 10.8 Å². The van der Waals surface area contributed by atoms with Crippen LogP contribution in [0.1, 0.15) is 28.9 Å². The highest BCUT2D eigenvalue weighted by atomic mass is 32.2. The molecule has 1 aromatic carbocycles. The molecule has 0 saturated carbocycles. The first-order valence-corrected chi connectivity index (χ1v) is 8.95. The Bertz CT molecular complexity index is 755. The molecule has 1 aromatic heterocycles. The van der Waals surface area contributed by atoms with E-state index in [1.165, 1.54) is 23.5 Å². The fraction of sp³-hybridized carbons (Fsp3) is 0.214. The van der Waals surface area contributed by atoms with Crippen LogP contribution in [0.2, 0.25) is 0 Å². The summed E-state index contributed by atoms with van der Waals surface area (Å²) in [5.41, 5.74) is 1.04. The van der Waals surface area contributed by atoms with Gasteiger partial charge in [-0.15, -0.1) is 0 Å². The minimum atomic E-state index is -3.60. The molecule has 0 aliphatic carbocycles. The fourth-order valence-electron chi connectivity index (χ4n) is 1.84. The van der Waals surface area contributed by atoms with Crippen LogP contribution in [0.25, 0.3) is 0 Å². The molecule has 112 valence electrons. The lowest BCUT2D eigenvalue weighted by Crippen LogP contribution is -2.26. The van der Waals surface area contributed by atoms with Crippen molar-refractivity contribution in [3.8, 4) is 0 Å². The molecule has 2 aromatic rings. The third-order valence-corrected chi connectivity index (χ3v) is 4.80. The van der Waals surface area contributed by atoms with Crippen LogP contribution in [0.3, 0.4) is 0 Å². The minimum absolute atomic E-state index is 0.253. The molecule has 0 radical (unpaired) electrons. The predicted molar refractivity (Wildman–Crippen MR) is 79.7 cm³/mol. The minimum Gasteiger partial charge on any atom is -0.345 e. The molecule has 0 unspecified atom stereocenters. The fourth-order valence-corrected chi connectivity index (χ4v) is 3.21. The smallest absolute Gasteiger partial charge is 0.252 e. The van der Waals surface area contributed by atoms with Gasteiger partial charge in [0.05, 0.1) is 11.6 Å². The van der Waals surface area contributed by atoms with E-state index in [9.17, 15) is 17.6 Å². The maximum Gasteiger partial charge on any atom is 0.252 e. The second kappa shape index (κ2) is 5.95. The van der Waals surface area contributed by atoms with Gasteiger partial charge in [0.1, 0.15) is 10.7 Å². The van der Waals surface area contributed by atoms with Crippen molar-refractivity contribution in [2.45, 2.75) is 17.9 Å². The van der Waals surface area contributed by atoms with Gasteiger partial charge in [0.25, 0.3) is 5.91 Å². The number of carbonyl (C=O) groups is 1. The summed E-state index contributed by atoms with van der Waals surface area (Å²) in [5.74, 6) is -1.07. The Morgan fingerprint density at radius 1 is 1.33 bits per heavy atom. The number of rotatable bonds is 4. The van der Waals surface area contributed by atoms with Crippen molar-refractivity contribution in [3.05, 3.63) is 52.0 Å². The van der Waals surface area contributed by atoms with Gasteiger partial charge in [0.15, 0.2) is 9.84 Å². The van der Waals surface area contributed by atoms with Crippen LogP contribution >= 0.6 is 11.3 Å². The van der Waals surface area contributed by atoms with Gasteiger partial charge < -0.3 is 5.32 Å². The molecule has 0 bridgehead atoms. The lowest BCUT2D eigenvalue weighted by molar-refractivity contribution is 0.0940. The third kappa shape index (κ3) is 3.68. The molecule has 0 spiro atoms. The first kappa shape index (κ1) is 15.7. The van der Waals surface area contributed by atoms with E-state index < -0.39 is 21.7 Å². The maximum atomic E-state index is 13.8. The Morgan fingerprint density at radius 3 is 2.57 bits per heavy atom. The topological polar surface area (TPSA) is 63.2 Å². The van der Waals surface area contributed by atoms with Crippen LogP contribution in [0.15, 0.2) is 39.9 Å². The Balaban J connectivity index is 2.19. The van der Waals surface area contributed by atoms with E-state index in [1.54, 1.807) is 23.8 Å². The number of hydrogen-bond acceptors (Lipinski definition) is 4. The average Bonchev–Trinajstić information content (AvgIpc) is 2.90. The van der Waals surface area contributed by atoms with E-state index in [0.29, 0.717) is 11.1 Å². The van der Waals surface area contributed by atoms with Gasteiger partial charge in [-0.25, -0.2) is 12.8 Å². The van der Waals surface area contributed by atoms with E-state index in [4.69, 9.17) is 0 Å². The molecule has 0 aliphatic rings. The van der Waals surface area contributed by atoms with Crippen LogP contribution in [-0.2, 0) is 9.84 Å². The van der Waals surface area contributed by atoms with Gasteiger partial charge in [0.2, 0.25) is 0 Å². The zero-order valence-electron chi connectivity index (χ0n) is 11.5. The lowest BCUT2D eigenvalue weighted by atomic mass is 10.1. The number of sulfone groups is 1. The molecular formula is C14H14FNO3S2. The van der Waals surface area contributed by atoms with Gasteiger partial charge in [-0.05, 0) is 36.1 Å². The average molecular weight is 327 g/mol. The summed E-state index contributed by atoms with van der Waals surface area (Å²) >= 11 is 1.41. The summed E-state index contributed by atoms with van der Waals surface area (Å²) in [5, 5.41) is 6.25. The Hall–Kier alpha value is -1.73. The highest BCUT2D eigenvalue weighted by Crippen LogP contribution is 2.20. The number of thiophene rings is 1. The number of nitrogens with one attached hydrogen (secondary N) is 1. The van der Waals surface area contributed by atoms with Gasteiger partial charge in [-0.1, -0.05) is 6.07 Å². The summed E-state index contributed by atoms with van der Waals surface area (Å²) in [4.78, 5) is 11.6. The number of halogens is 1. The second-order valence-corrected chi connectivity index (χ2v) is 7.43. The Labute approximate surface area is 126 Å². The summed E-state index contributed by atoms with van der Waals surface area (Å²) < 4.78 is 36.5. The summed E-state index contributed by atoms with van der Waals surface area (Å²) in [7, 11) is -3.60. The van der Waals surface area contributed by atoms with Crippen molar-refractivity contribution in [1.82, 2.24) is 5.32 Å². The summed E-state index contributed by atoms with van der Waals surface area (Å²) in [6, 6.07) is 5.11. The third-order valence-electron chi connectivity index (χ3n) is 2.99. The lowest BCUT2D eigenvalue weighted by Gasteiger charge is -2.14. The van der Waals surface area contributed by atoms with Crippen LogP contribution < -0.4 is 5.32 Å². The van der Waals surface area contributed by atoms with Gasteiger partial charge >= 0.3 is 0 Å². The standard InChI is InChI=1S/C14H14FNO3S2/c1-9(16-14(17)11-5-6-20-8-11)10-3-4-13(12(15)7-10)21(2,18)19/h3-9H,1-2H3,(H,16,17)/t9-/m0/s1.